The SMILES string of the molecule is COCCn1cncc1CN1CCOc2ccccc2C1. The van der Waals surface area contributed by atoms with Gasteiger partial charge in [-0.15, -0.1) is 0 Å². The molecule has 0 saturated heterocycles. The number of nitrogens with zero attached hydrogens (tertiary/aromatic N) is 3. The molecule has 1 aliphatic rings. The number of rotatable bonds is 5. The third-order valence-electron chi connectivity index (χ3n) is 3.75. The lowest BCUT2D eigenvalue weighted by atomic mass is 10.2. The van der Waals surface area contributed by atoms with Crippen molar-refractivity contribution < 1.29 is 9.47 Å². The lowest BCUT2D eigenvalue weighted by molar-refractivity contribution is 0.182. The molecule has 0 saturated carbocycles. The topological polar surface area (TPSA) is 39.5 Å². The Kier molecular flexibility index (Phi) is 4.52. The molecule has 3 rings (SSSR count). The van der Waals surface area contributed by atoms with Gasteiger partial charge in [-0.25, -0.2) is 4.98 Å². The summed E-state index contributed by atoms with van der Waals surface area (Å²) >= 11 is 0. The van der Waals surface area contributed by atoms with Gasteiger partial charge in [0, 0.05) is 45.0 Å². The van der Waals surface area contributed by atoms with Crippen molar-refractivity contribution in [3.05, 3.63) is 48.0 Å². The van der Waals surface area contributed by atoms with Crippen LogP contribution in [-0.2, 0) is 24.4 Å². The van der Waals surface area contributed by atoms with Gasteiger partial charge in [-0.05, 0) is 6.07 Å². The third-order valence-corrected chi connectivity index (χ3v) is 3.75. The second-order valence-electron chi connectivity index (χ2n) is 5.24. The summed E-state index contributed by atoms with van der Waals surface area (Å²) < 4.78 is 13.1. The van der Waals surface area contributed by atoms with E-state index in [1.165, 1.54) is 11.3 Å². The maximum atomic E-state index is 5.81. The third kappa shape index (κ3) is 3.43. The number of methoxy groups -OCH3 is 1. The Morgan fingerprint density at radius 2 is 2.24 bits per heavy atom. The standard InChI is InChI=1S/C16H21N3O2/c1-20-8-7-19-13-17-10-15(19)12-18-6-9-21-16-5-3-2-4-14(16)11-18/h2-5,10,13H,6-9,11-12H2,1H3. The zero-order valence-electron chi connectivity index (χ0n) is 12.4. The van der Waals surface area contributed by atoms with Crippen molar-refractivity contribution in [2.75, 3.05) is 26.9 Å². The molecule has 1 aromatic carbocycles. The van der Waals surface area contributed by atoms with Crippen LogP contribution in [0.15, 0.2) is 36.8 Å². The van der Waals surface area contributed by atoms with Crippen LogP contribution in [0.3, 0.4) is 0 Å². The number of ether oxygens (including phenoxy) is 2. The number of imidazole rings is 1. The molecular weight excluding hydrogens is 266 g/mol. The monoisotopic (exact) mass is 287 g/mol. The minimum atomic E-state index is 0.704. The minimum absolute atomic E-state index is 0.704. The zero-order valence-corrected chi connectivity index (χ0v) is 12.4. The number of para-hydroxylation sites is 1. The summed E-state index contributed by atoms with van der Waals surface area (Å²) in [5, 5.41) is 0. The van der Waals surface area contributed by atoms with Crippen molar-refractivity contribution in [1.82, 2.24) is 14.5 Å². The van der Waals surface area contributed by atoms with E-state index >= 15 is 0 Å². The molecule has 112 valence electrons. The van der Waals surface area contributed by atoms with E-state index in [-0.39, 0.29) is 0 Å². The average molecular weight is 287 g/mol. The molecule has 0 amide bonds. The average Bonchev–Trinajstić information content (AvgIpc) is 2.83. The van der Waals surface area contributed by atoms with E-state index in [2.05, 4.69) is 26.6 Å². The van der Waals surface area contributed by atoms with Crippen LogP contribution in [0.5, 0.6) is 5.75 Å². The van der Waals surface area contributed by atoms with Crippen LogP contribution in [0.4, 0.5) is 0 Å². The minimum Gasteiger partial charge on any atom is -0.492 e. The highest BCUT2D eigenvalue weighted by Gasteiger charge is 2.16. The van der Waals surface area contributed by atoms with E-state index in [4.69, 9.17) is 9.47 Å². The zero-order chi connectivity index (χ0) is 14.5. The van der Waals surface area contributed by atoms with Crippen LogP contribution in [-0.4, -0.2) is 41.3 Å². The van der Waals surface area contributed by atoms with Gasteiger partial charge in [0.1, 0.15) is 12.4 Å². The smallest absolute Gasteiger partial charge is 0.123 e. The predicted molar refractivity (Wildman–Crippen MR) is 80.2 cm³/mol. The number of aromatic nitrogens is 2. The predicted octanol–water partition coefficient (Wildman–Crippen LogP) is 1.92. The van der Waals surface area contributed by atoms with Gasteiger partial charge in [-0.2, -0.15) is 0 Å². The lowest BCUT2D eigenvalue weighted by Gasteiger charge is -2.20. The van der Waals surface area contributed by atoms with Gasteiger partial charge >= 0.3 is 0 Å². The molecule has 0 atom stereocenters. The van der Waals surface area contributed by atoms with Crippen LogP contribution in [0.25, 0.3) is 0 Å². The van der Waals surface area contributed by atoms with Gasteiger partial charge in [-0.3, -0.25) is 4.90 Å². The molecule has 21 heavy (non-hydrogen) atoms. The van der Waals surface area contributed by atoms with E-state index in [0.717, 1.165) is 38.5 Å². The Labute approximate surface area is 125 Å². The summed E-state index contributed by atoms with van der Waals surface area (Å²) in [6.07, 6.45) is 3.81. The molecule has 2 aromatic rings. The molecule has 0 bridgehead atoms. The van der Waals surface area contributed by atoms with E-state index in [1.807, 2.05) is 24.7 Å². The van der Waals surface area contributed by atoms with Crippen molar-refractivity contribution in [2.45, 2.75) is 19.6 Å². The Hall–Kier alpha value is -1.85. The lowest BCUT2D eigenvalue weighted by Crippen LogP contribution is -2.26. The second kappa shape index (κ2) is 6.74. The van der Waals surface area contributed by atoms with Gasteiger partial charge < -0.3 is 14.0 Å². The molecule has 2 heterocycles. The Balaban J connectivity index is 1.69. The first kappa shape index (κ1) is 14.1. The quantitative estimate of drug-likeness (QED) is 0.842. The number of benzene rings is 1. The van der Waals surface area contributed by atoms with Gasteiger partial charge in [-0.1, -0.05) is 18.2 Å². The van der Waals surface area contributed by atoms with E-state index in [9.17, 15) is 0 Å². The van der Waals surface area contributed by atoms with Crippen LogP contribution >= 0.6 is 0 Å². The second-order valence-corrected chi connectivity index (χ2v) is 5.24. The first-order valence-electron chi connectivity index (χ1n) is 7.28. The van der Waals surface area contributed by atoms with Crippen LogP contribution < -0.4 is 4.74 Å². The molecule has 0 aliphatic carbocycles. The number of hydrogen-bond acceptors (Lipinski definition) is 4. The Morgan fingerprint density at radius 1 is 1.33 bits per heavy atom. The summed E-state index contributed by atoms with van der Waals surface area (Å²) in [6, 6.07) is 8.26. The normalized spacial score (nSPS) is 15.3. The highest BCUT2D eigenvalue weighted by atomic mass is 16.5. The summed E-state index contributed by atoms with van der Waals surface area (Å²) in [6.45, 7) is 4.97. The van der Waals surface area contributed by atoms with Crippen molar-refractivity contribution in [2.24, 2.45) is 0 Å². The van der Waals surface area contributed by atoms with E-state index in [1.54, 1.807) is 7.11 Å². The largest absolute Gasteiger partial charge is 0.492 e. The molecule has 1 aliphatic heterocycles. The summed E-state index contributed by atoms with van der Waals surface area (Å²) in [5.74, 6) is 1.01. The molecule has 0 fully saturated rings. The van der Waals surface area contributed by atoms with Gasteiger partial charge in [0.25, 0.3) is 0 Å². The summed E-state index contributed by atoms with van der Waals surface area (Å²) in [5.41, 5.74) is 2.46. The van der Waals surface area contributed by atoms with Crippen molar-refractivity contribution in [3.63, 3.8) is 0 Å². The van der Waals surface area contributed by atoms with Gasteiger partial charge in [0.05, 0.1) is 18.6 Å². The highest BCUT2D eigenvalue weighted by molar-refractivity contribution is 5.33. The molecule has 5 nitrogen and oxygen atoms in total. The van der Waals surface area contributed by atoms with Crippen molar-refractivity contribution >= 4 is 0 Å². The van der Waals surface area contributed by atoms with Gasteiger partial charge in [0.15, 0.2) is 0 Å². The fourth-order valence-corrected chi connectivity index (χ4v) is 2.61. The number of hydrogen-bond donors (Lipinski definition) is 0. The molecular formula is C16H21N3O2. The molecule has 0 unspecified atom stereocenters. The molecule has 5 heteroatoms. The fourth-order valence-electron chi connectivity index (χ4n) is 2.61. The van der Waals surface area contributed by atoms with Crippen molar-refractivity contribution in [3.8, 4) is 5.75 Å². The fraction of sp³-hybridized carbons (Fsp3) is 0.438. The maximum absolute atomic E-state index is 5.81. The molecule has 0 N–H and O–H groups in total. The molecule has 0 spiro atoms. The summed E-state index contributed by atoms with van der Waals surface area (Å²) in [7, 11) is 1.72. The molecule has 1 aromatic heterocycles. The Morgan fingerprint density at radius 3 is 3.14 bits per heavy atom. The highest BCUT2D eigenvalue weighted by Crippen LogP contribution is 2.23. The van der Waals surface area contributed by atoms with Crippen LogP contribution in [0, 0.1) is 0 Å². The summed E-state index contributed by atoms with van der Waals surface area (Å²) in [4.78, 5) is 6.65. The molecule has 0 radical (unpaired) electrons. The Bertz CT molecular complexity index is 582. The maximum Gasteiger partial charge on any atom is 0.123 e. The van der Waals surface area contributed by atoms with E-state index < -0.39 is 0 Å². The number of fused-ring (bicyclic) bond motifs is 1. The van der Waals surface area contributed by atoms with Crippen molar-refractivity contribution in [1.29, 1.82) is 0 Å². The first-order valence-corrected chi connectivity index (χ1v) is 7.28. The first-order chi connectivity index (χ1) is 10.4. The van der Waals surface area contributed by atoms with Gasteiger partial charge in [0.2, 0.25) is 0 Å². The van der Waals surface area contributed by atoms with Crippen LogP contribution in [0.2, 0.25) is 0 Å². The van der Waals surface area contributed by atoms with Crippen LogP contribution in [0.1, 0.15) is 11.3 Å². The van der Waals surface area contributed by atoms with E-state index in [0.29, 0.717) is 6.61 Å².